The fourth-order valence-corrected chi connectivity index (χ4v) is 4.77. The first-order valence-electron chi connectivity index (χ1n) is 8.21. The molecule has 0 spiro atoms. The zero-order chi connectivity index (χ0) is 18.6. The van der Waals surface area contributed by atoms with E-state index >= 15 is 0 Å². The molecule has 0 bridgehead atoms. The van der Waals surface area contributed by atoms with Gasteiger partial charge in [0.1, 0.15) is 10.5 Å². The molecule has 1 unspecified atom stereocenters. The first-order valence-corrected chi connectivity index (χ1v) is 9.03. The van der Waals surface area contributed by atoms with Crippen molar-refractivity contribution in [1.82, 2.24) is 5.43 Å². The minimum Gasteiger partial charge on any atom is -0.365 e. The maximum atomic E-state index is 12.7. The van der Waals surface area contributed by atoms with Crippen LogP contribution in [-0.2, 0) is 21.6 Å². The molecule has 0 aliphatic carbocycles. The van der Waals surface area contributed by atoms with Crippen LogP contribution in [0.15, 0.2) is 5.10 Å². The molecule has 1 atom stereocenters. The predicted octanol–water partition coefficient (Wildman–Crippen LogP) is 2.11. The molecular formula is C17H24N4O3S. The van der Waals surface area contributed by atoms with E-state index in [-0.39, 0.29) is 5.91 Å². The molecule has 2 aliphatic rings. The van der Waals surface area contributed by atoms with Crippen LogP contribution in [0, 0.1) is 0 Å². The van der Waals surface area contributed by atoms with Gasteiger partial charge in [0, 0.05) is 23.9 Å². The number of nitrogens with one attached hydrogen (secondary N) is 2. The number of anilines is 1. The van der Waals surface area contributed by atoms with Crippen molar-refractivity contribution >= 4 is 34.4 Å². The second kappa shape index (κ2) is 5.54. The summed E-state index contributed by atoms with van der Waals surface area (Å²) in [7, 11) is 0. The number of hydrogen-bond donors (Lipinski definition) is 3. The topological polar surface area (TPSA) is 106 Å². The van der Waals surface area contributed by atoms with Crippen LogP contribution in [0.5, 0.6) is 0 Å². The molecule has 8 heteroatoms. The van der Waals surface area contributed by atoms with Crippen molar-refractivity contribution in [3.05, 3.63) is 16.0 Å². The maximum Gasteiger partial charge on any atom is 0.252 e. The van der Waals surface area contributed by atoms with Crippen molar-refractivity contribution in [2.45, 2.75) is 64.2 Å². The lowest BCUT2D eigenvalue weighted by molar-refractivity contribution is -0.135. The van der Waals surface area contributed by atoms with Crippen LogP contribution in [0.3, 0.4) is 0 Å². The van der Waals surface area contributed by atoms with Gasteiger partial charge in [0.2, 0.25) is 0 Å². The summed E-state index contributed by atoms with van der Waals surface area (Å²) >= 11 is 1.36. The van der Waals surface area contributed by atoms with Crippen molar-refractivity contribution < 1.29 is 14.3 Å². The quantitative estimate of drug-likeness (QED) is 0.764. The number of amides is 2. The van der Waals surface area contributed by atoms with Crippen molar-refractivity contribution in [2.75, 3.05) is 5.32 Å². The smallest absolute Gasteiger partial charge is 0.252 e. The van der Waals surface area contributed by atoms with Crippen molar-refractivity contribution in [1.29, 1.82) is 0 Å². The molecule has 0 saturated heterocycles. The van der Waals surface area contributed by atoms with Crippen LogP contribution >= 0.6 is 11.3 Å². The maximum absolute atomic E-state index is 12.7. The summed E-state index contributed by atoms with van der Waals surface area (Å²) in [6, 6.07) is 0. The van der Waals surface area contributed by atoms with Crippen LogP contribution in [0.1, 0.15) is 61.8 Å². The summed E-state index contributed by atoms with van der Waals surface area (Å²) in [4.78, 5) is 25.8. The van der Waals surface area contributed by atoms with E-state index in [1.807, 2.05) is 27.7 Å². The highest BCUT2D eigenvalue weighted by atomic mass is 32.1. The molecule has 136 valence electrons. The summed E-state index contributed by atoms with van der Waals surface area (Å²) in [5, 5.41) is 7.28. The lowest BCUT2D eigenvalue weighted by atomic mass is 9.86. The van der Waals surface area contributed by atoms with Gasteiger partial charge in [-0.1, -0.05) is 0 Å². The number of carbonyl (C=O) groups excluding carboxylic acids is 2. The van der Waals surface area contributed by atoms with E-state index in [0.29, 0.717) is 23.4 Å². The fraction of sp³-hybridized carbons (Fsp3) is 0.588. The van der Waals surface area contributed by atoms with E-state index in [1.54, 1.807) is 13.1 Å². The van der Waals surface area contributed by atoms with E-state index < -0.39 is 22.6 Å². The normalized spacial score (nSPS) is 26.0. The average molecular weight is 364 g/mol. The van der Waals surface area contributed by atoms with Crippen molar-refractivity contribution in [2.24, 2.45) is 10.8 Å². The number of thiophene rings is 1. The third-order valence-electron chi connectivity index (χ3n) is 4.56. The largest absolute Gasteiger partial charge is 0.365 e. The van der Waals surface area contributed by atoms with E-state index in [9.17, 15) is 9.59 Å². The lowest BCUT2D eigenvalue weighted by Crippen LogP contribution is -2.47. The Hall–Kier alpha value is -1.93. The van der Waals surface area contributed by atoms with Gasteiger partial charge in [0.25, 0.3) is 11.8 Å². The van der Waals surface area contributed by atoms with Crippen LogP contribution in [0.4, 0.5) is 5.00 Å². The zero-order valence-electron chi connectivity index (χ0n) is 15.1. The van der Waals surface area contributed by atoms with Crippen LogP contribution in [0.25, 0.3) is 0 Å². The third-order valence-corrected chi connectivity index (χ3v) is 6.02. The predicted molar refractivity (Wildman–Crippen MR) is 98.0 cm³/mol. The molecule has 3 heterocycles. The Morgan fingerprint density at radius 3 is 2.56 bits per heavy atom. The highest BCUT2D eigenvalue weighted by molar-refractivity contribution is 7.17. The number of hydrogen-bond acceptors (Lipinski definition) is 6. The number of nitrogens with two attached hydrogens (primary N) is 1. The molecule has 7 nitrogen and oxygen atoms in total. The summed E-state index contributed by atoms with van der Waals surface area (Å²) in [5.41, 5.74) is 7.92. The Morgan fingerprint density at radius 1 is 1.32 bits per heavy atom. The number of ether oxygens (including phenoxy) is 1. The van der Waals surface area contributed by atoms with E-state index in [4.69, 9.17) is 10.5 Å². The molecule has 4 N–H and O–H groups in total. The zero-order valence-corrected chi connectivity index (χ0v) is 16.0. The second-order valence-electron chi connectivity index (χ2n) is 7.94. The minimum atomic E-state index is -0.829. The van der Waals surface area contributed by atoms with E-state index in [1.165, 1.54) is 11.3 Å². The standard InChI is InChI=1S/C17H24N4O3S/c1-15(2)8-9-10(12(18)22)13(25-11(9)16(3,4)24-15)20-14(23)17(5)6-7-19-21-17/h7,21H,6,8H2,1-5H3,(H2,18,22)(H,20,23). The number of carbonyl (C=O) groups is 2. The van der Waals surface area contributed by atoms with Gasteiger partial charge in [0.05, 0.1) is 16.8 Å². The van der Waals surface area contributed by atoms with Gasteiger partial charge >= 0.3 is 0 Å². The molecule has 0 saturated carbocycles. The van der Waals surface area contributed by atoms with Crippen LogP contribution < -0.4 is 16.5 Å². The molecule has 25 heavy (non-hydrogen) atoms. The van der Waals surface area contributed by atoms with Gasteiger partial charge in [0.15, 0.2) is 0 Å². The monoisotopic (exact) mass is 364 g/mol. The average Bonchev–Trinajstić information content (AvgIpc) is 3.02. The van der Waals surface area contributed by atoms with Crippen LogP contribution in [0.2, 0.25) is 0 Å². The van der Waals surface area contributed by atoms with E-state index in [0.717, 1.165) is 10.4 Å². The highest BCUT2D eigenvalue weighted by Crippen LogP contribution is 2.48. The Labute approximate surface area is 151 Å². The number of hydrazone groups is 1. The number of nitrogens with zero attached hydrogens (tertiary/aromatic N) is 1. The first-order chi connectivity index (χ1) is 11.5. The summed E-state index contributed by atoms with van der Waals surface area (Å²) < 4.78 is 6.17. The summed E-state index contributed by atoms with van der Waals surface area (Å²) in [6.07, 6.45) is 2.71. The fourth-order valence-electron chi connectivity index (χ4n) is 3.51. The Balaban J connectivity index is 2.03. The highest BCUT2D eigenvalue weighted by Gasteiger charge is 2.43. The van der Waals surface area contributed by atoms with Gasteiger partial charge in [-0.2, -0.15) is 5.10 Å². The second-order valence-corrected chi connectivity index (χ2v) is 8.96. The number of rotatable bonds is 3. The van der Waals surface area contributed by atoms with Gasteiger partial charge in [-0.3, -0.25) is 15.0 Å². The molecule has 0 aromatic carbocycles. The molecule has 0 fully saturated rings. The molecule has 0 radical (unpaired) electrons. The first kappa shape index (κ1) is 17.9. The molecule has 2 amide bonds. The minimum absolute atomic E-state index is 0.246. The summed E-state index contributed by atoms with van der Waals surface area (Å²) in [5.74, 6) is -0.786. The molecule has 1 aromatic rings. The van der Waals surface area contributed by atoms with Crippen LogP contribution in [-0.4, -0.2) is 29.2 Å². The molecular weight excluding hydrogens is 340 g/mol. The molecule has 2 aliphatic heterocycles. The van der Waals surface area contributed by atoms with Crippen molar-refractivity contribution in [3.63, 3.8) is 0 Å². The molecule has 1 aromatic heterocycles. The SMILES string of the molecule is CC1(C)Cc2c(sc(NC(=O)C3(C)CC=NN3)c2C(N)=O)C(C)(C)O1. The van der Waals surface area contributed by atoms with Gasteiger partial charge in [-0.15, -0.1) is 11.3 Å². The third kappa shape index (κ3) is 3.04. The van der Waals surface area contributed by atoms with Gasteiger partial charge < -0.3 is 15.8 Å². The Bertz CT molecular complexity index is 771. The lowest BCUT2D eigenvalue weighted by Gasteiger charge is -2.41. The molecule has 3 rings (SSSR count). The van der Waals surface area contributed by atoms with Gasteiger partial charge in [-0.25, -0.2) is 0 Å². The Kier molecular flexibility index (Phi) is 3.96. The number of primary amides is 1. The van der Waals surface area contributed by atoms with Crippen molar-refractivity contribution in [3.8, 4) is 0 Å². The van der Waals surface area contributed by atoms with Gasteiger partial charge in [-0.05, 0) is 40.2 Å². The Morgan fingerprint density at radius 2 is 2.00 bits per heavy atom. The summed E-state index contributed by atoms with van der Waals surface area (Å²) in [6.45, 7) is 9.67. The number of fused-ring (bicyclic) bond motifs is 1. The van der Waals surface area contributed by atoms with E-state index in [2.05, 4.69) is 15.8 Å².